The van der Waals surface area contributed by atoms with Crippen LogP contribution in [0.5, 0.6) is 0 Å². The molecule has 2 nitrogen and oxygen atoms in total. The summed E-state index contributed by atoms with van der Waals surface area (Å²) in [7, 11) is 0. The van der Waals surface area contributed by atoms with Gasteiger partial charge in [-0.05, 0) is 17.5 Å². The van der Waals surface area contributed by atoms with E-state index in [1.165, 1.54) is 5.56 Å². The largest absolute Gasteiger partial charge is 0.352 e. The molecule has 0 aliphatic rings. The van der Waals surface area contributed by atoms with E-state index in [1.807, 2.05) is 72.8 Å². The fourth-order valence-corrected chi connectivity index (χ4v) is 2.00. The van der Waals surface area contributed by atoms with Crippen molar-refractivity contribution in [3.05, 3.63) is 90.0 Å². The molecule has 0 spiro atoms. The van der Waals surface area contributed by atoms with Gasteiger partial charge in [-0.2, -0.15) is 0 Å². The van der Waals surface area contributed by atoms with Gasteiger partial charge in [-0.25, -0.2) is 0 Å². The van der Waals surface area contributed by atoms with E-state index in [0.29, 0.717) is 13.0 Å². The van der Waals surface area contributed by atoms with Crippen LogP contribution in [0.2, 0.25) is 0 Å². The molecule has 0 aliphatic heterocycles. The molecule has 2 aromatic carbocycles. The van der Waals surface area contributed by atoms with Gasteiger partial charge >= 0.3 is 0 Å². The first kappa shape index (κ1) is 15.8. The van der Waals surface area contributed by atoms with Crippen molar-refractivity contribution < 1.29 is 4.79 Å². The number of carbonyl (C=O) groups excluding carboxylic acids is 1. The van der Waals surface area contributed by atoms with Crippen LogP contribution in [0.15, 0.2) is 78.9 Å². The highest BCUT2D eigenvalue weighted by Crippen LogP contribution is 2.02. The average molecular weight is 291 g/mol. The molecule has 0 radical (unpaired) electrons. The van der Waals surface area contributed by atoms with E-state index in [0.717, 1.165) is 12.0 Å². The van der Waals surface area contributed by atoms with E-state index in [4.69, 9.17) is 0 Å². The first-order chi connectivity index (χ1) is 10.8. The molecule has 112 valence electrons. The monoisotopic (exact) mass is 291 g/mol. The Morgan fingerprint density at radius 2 is 1.59 bits per heavy atom. The molecule has 2 heteroatoms. The molecule has 1 N–H and O–H groups in total. The van der Waals surface area contributed by atoms with Crippen LogP contribution in [0.1, 0.15) is 24.0 Å². The van der Waals surface area contributed by atoms with Crippen LogP contribution in [0, 0.1) is 0 Å². The number of carbonyl (C=O) groups is 1. The quantitative estimate of drug-likeness (QED) is 0.755. The normalized spacial score (nSPS) is 11.1. The van der Waals surface area contributed by atoms with Gasteiger partial charge in [0.2, 0.25) is 5.91 Å². The Bertz CT molecular complexity index is 615. The van der Waals surface area contributed by atoms with Crippen LogP contribution in [0.25, 0.3) is 6.08 Å². The third-order valence-corrected chi connectivity index (χ3v) is 3.21. The Hall–Kier alpha value is -2.61. The lowest BCUT2D eigenvalue weighted by Gasteiger charge is -2.03. The lowest BCUT2D eigenvalue weighted by molar-refractivity contribution is -0.121. The van der Waals surface area contributed by atoms with E-state index in [-0.39, 0.29) is 5.91 Å². The SMILES string of the molecule is O=C(CC/C=C/C=C/c1ccccc1)NCc1ccccc1. The van der Waals surface area contributed by atoms with Gasteiger partial charge in [-0.3, -0.25) is 4.79 Å². The van der Waals surface area contributed by atoms with Crippen molar-refractivity contribution in [3.63, 3.8) is 0 Å². The predicted molar refractivity (Wildman–Crippen MR) is 92.1 cm³/mol. The van der Waals surface area contributed by atoms with E-state index < -0.39 is 0 Å². The number of amides is 1. The molecular weight excluding hydrogens is 270 g/mol. The van der Waals surface area contributed by atoms with Crippen LogP contribution in [-0.2, 0) is 11.3 Å². The highest BCUT2D eigenvalue weighted by atomic mass is 16.1. The number of rotatable bonds is 7. The zero-order valence-electron chi connectivity index (χ0n) is 12.6. The van der Waals surface area contributed by atoms with E-state index in [1.54, 1.807) is 0 Å². The van der Waals surface area contributed by atoms with Gasteiger partial charge in [0, 0.05) is 13.0 Å². The summed E-state index contributed by atoms with van der Waals surface area (Å²) in [4.78, 5) is 11.7. The minimum Gasteiger partial charge on any atom is -0.352 e. The number of nitrogens with one attached hydrogen (secondary N) is 1. The van der Waals surface area contributed by atoms with Gasteiger partial charge in [0.25, 0.3) is 0 Å². The number of hydrogen-bond donors (Lipinski definition) is 1. The molecule has 0 aromatic heterocycles. The molecule has 0 heterocycles. The lowest BCUT2D eigenvalue weighted by Crippen LogP contribution is -2.22. The van der Waals surface area contributed by atoms with Crippen molar-refractivity contribution >= 4 is 12.0 Å². The summed E-state index contributed by atoms with van der Waals surface area (Å²) in [5, 5.41) is 2.92. The van der Waals surface area contributed by atoms with Crippen molar-refractivity contribution in [2.45, 2.75) is 19.4 Å². The Labute approximate surface area is 132 Å². The van der Waals surface area contributed by atoms with Gasteiger partial charge in [0.15, 0.2) is 0 Å². The molecule has 2 rings (SSSR count). The molecule has 0 unspecified atom stereocenters. The van der Waals surface area contributed by atoms with E-state index in [2.05, 4.69) is 17.4 Å². The van der Waals surface area contributed by atoms with Gasteiger partial charge in [-0.1, -0.05) is 85.0 Å². The Kier molecular flexibility index (Phi) is 6.70. The Balaban J connectivity index is 1.62. The maximum Gasteiger partial charge on any atom is 0.220 e. The maximum atomic E-state index is 11.7. The predicted octanol–water partition coefficient (Wildman–Crippen LogP) is 4.35. The molecule has 0 fully saturated rings. The maximum absolute atomic E-state index is 11.7. The number of benzene rings is 2. The average Bonchev–Trinajstić information content (AvgIpc) is 2.58. The molecule has 0 aliphatic carbocycles. The van der Waals surface area contributed by atoms with Crippen LogP contribution in [-0.4, -0.2) is 5.91 Å². The fourth-order valence-electron chi connectivity index (χ4n) is 2.00. The Morgan fingerprint density at radius 1 is 0.909 bits per heavy atom. The number of hydrogen-bond acceptors (Lipinski definition) is 1. The third-order valence-electron chi connectivity index (χ3n) is 3.21. The van der Waals surface area contributed by atoms with Crippen molar-refractivity contribution in [1.82, 2.24) is 5.32 Å². The summed E-state index contributed by atoms with van der Waals surface area (Å²) in [6.45, 7) is 0.595. The van der Waals surface area contributed by atoms with Crippen LogP contribution in [0.4, 0.5) is 0 Å². The van der Waals surface area contributed by atoms with Gasteiger partial charge in [-0.15, -0.1) is 0 Å². The van der Waals surface area contributed by atoms with E-state index in [9.17, 15) is 4.79 Å². The number of allylic oxidation sites excluding steroid dienone is 3. The van der Waals surface area contributed by atoms with Gasteiger partial charge in [0.05, 0.1) is 0 Å². The second kappa shape index (κ2) is 9.35. The second-order valence-corrected chi connectivity index (χ2v) is 5.00. The molecule has 2 aromatic rings. The molecule has 22 heavy (non-hydrogen) atoms. The smallest absolute Gasteiger partial charge is 0.220 e. The summed E-state index contributed by atoms with van der Waals surface area (Å²) in [5.41, 5.74) is 2.30. The molecule has 0 saturated carbocycles. The standard InChI is InChI=1S/C20H21NO/c22-20(21-17-19-14-8-4-9-15-19)16-10-2-1-5-11-18-12-6-3-7-13-18/h1-9,11-15H,10,16-17H2,(H,21,22)/b2-1+,11-5+. The zero-order chi connectivity index (χ0) is 15.5. The van der Waals surface area contributed by atoms with Crippen molar-refractivity contribution in [1.29, 1.82) is 0 Å². The minimum atomic E-state index is 0.0838. The lowest BCUT2D eigenvalue weighted by atomic mass is 10.2. The fraction of sp³-hybridized carbons (Fsp3) is 0.150. The third kappa shape index (κ3) is 6.23. The summed E-state index contributed by atoms with van der Waals surface area (Å²) in [6, 6.07) is 20.1. The second-order valence-electron chi connectivity index (χ2n) is 5.00. The highest BCUT2D eigenvalue weighted by molar-refractivity contribution is 5.76. The van der Waals surface area contributed by atoms with Crippen molar-refractivity contribution in [2.75, 3.05) is 0 Å². The molecule has 1 amide bonds. The molecule has 0 atom stereocenters. The first-order valence-corrected chi connectivity index (χ1v) is 7.53. The molecule has 0 bridgehead atoms. The zero-order valence-corrected chi connectivity index (χ0v) is 12.6. The summed E-state index contributed by atoms with van der Waals surface area (Å²) in [6.07, 6.45) is 9.31. The summed E-state index contributed by atoms with van der Waals surface area (Å²) in [5.74, 6) is 0.0838. The molecule has 0 saturated heterocycles. The highest BCUT2D eigenvalue weighted by Gasteiger charge is 1.98. The summed E-state index contributed by atoms with van der Waals surface area (Å²) >= 11 is 0. The van der Waals surface area contributed by atoms with Gasteiger partial charge < -0.3 is 5.32 Å². The van der Waals surface area contributed by atoms with Crippen LogP contribution >= 0.6 is 0 Å². The topological polar surface area (TPSA) is 29.1 Å². The van der Waals surface area contributed by atoms with Crippen molar-refractivity contribution in [3.8, 4) is 0 Å². The van der Waals surface area contributed by atoms with Crippen LogP contribution in [0.3, 0.4) is 0 Å². The van der Waals surface area contributed by atoms with Crippen molar-refractivity contribution in [2.24, 2.45) is 0 Å². The summed E-state index contributed by atoms with van der Waals surface area (Å²) < 4.78 is 0. The molecular formula is C20H21NO. The van der Waals surface area contributed by atoms with Gasteiger partial charge in [0.1, 0.15) is 0 Å². The first-order valence-electron chi connectivity index (χ1n) is 7.53. The minimum absolute atomic E-state index is 0.0838. The van der Waals surface area contributed by atoms with Crippen LogP contribution < -0.4 is 5.32 Å². The Morgan fingerprint density at radius 3 is 2.32 bits per heavy atom. The van der Waals surface area contributed by atoms with E-state index >= 15 is 0 Å².